The van der Waals surface area contributed by atoms with E-state index in [1.54, 1.807) is 25.3 Å². The van der Waals surface area contributed by atoms with Gasteiger partial charge in [0, 0.05) is 24.3 Å². The van der Waals surface area contributed by atoms with Crippen LogP contribution in [0.25, 0.3) is 5.69 Å². The lowest BCUT2D eigenvalue weighted by atomic mass is 10.2. The predicted molar refractivity (Wildman–Crippen MR) is 153 cm³/mol. The van der Waals surface area contributed by atoms with Crippen LogP contribution >= 0.6 is 23.1 Å². The first kappa shape index (κ1) is 30.2. The molecule has 0 saturated carbocycles. The molecule has 216 valence electrons. The fourth-order valence-electron chi connectivity index (χ4n) is 3.74. The van der Waals surface area contributed by atoms with Gasteiger partial charge in [0.25, 0.3) is 5.91 Å². The van der Waals surface area contributed by atoms with Crippen molar-refractivity contribution in [2.75, 3.05) is 24.2 Å². The molecule has 2 N–H and O–H groups in total. The highest BCUT2D eigenvalue weighted by Crippen LogP contribution is 2.23. The number of carbonyl (C=O) groups excluding carboxylic acids is 2. The molecule has 0 aliphatic rings. The van der Waals surface area contributed by atoms with E-state index in [0.29, 0.717) is 34.9 Å². The van der Waals surface area contributed by atoms with E-state index in [9.17, 15) is 22.4 Å². The molecule has 0 saturated heterocycles. The topological polar surface area (TPSA) is 152 Å². The number of hydrogen-bond donors (Lipinski definition) is 2. The first-order valence-corrected chi connectivity index (χ1v) is 15.7. The summed E-state index contributed by atoms with van der Waals surface area (Å²) in [5.41, 5.74) is 0.795. The molecule has 0 aliphatic carbocycles. The smallest absolute Gasteiger partial charge is 0.251 e. The lowest BCUT2D eigenvalue weighted by Crippen LogP contribution is -2.30. The van der Waals surface area contributed by atoms with Gasteiger partial charge in [-0.3, -0.25) is 19.5 Å². The van der Waals surface area contributed by atoms with E-state index in [0.717, 1.165) is 16.8 Å². The quantitative estimate of drug-likeness (QED) is 0.228. The van der Waals surface area contributed by atoms with Crippen molar-refractivity contribution in [2.24, 2.45) is 0 Å². The van der Waals surface area contributed by atoms with Crippen LogP contribution in [0.3, 0.4) is 0 Å². The third-order valence-corrected chi connectivity index (χ3v) is 9.50. The van der Waals surface area contributed by atoms with Gasteiger partial charge in [0.2, 0.25) is 21.1 Å². The summed E-state index contributed by atoms with van der Waals surface area (Å²) in [5, 5.41) is 23.0. The number of thioether (sulfide) groups is 1. The number of halogens is 1. The predicted octanol–water partition coefficient (Wildman–Crippen LogP) is 3.26. The Morgan fingerprint density at radius 2 is 1.68 bits per heavy atom. The highest BCUT2D eigenvalue weighted by molar-refractivity contribution is 7.99. The van der Waals surface area contributed by atoms with Crippen LogP contribution in [-0.2, 0) is 21.4 Å². The largest absolute Gasteiger partial charge is 0.345 e. The van der Waals surface area contributed by atoms with Gasteiger partial charge in [-0.1, -0.05) is 36.9 Å². The summed E-state index contributed by atoms with van der Waals surface area (Å²) in [6.07, 6.45) is 0. The maximum absolute atomic E-state index is 13.6. The van der Waals surface area contributed by atoms with Crippen molar-refractivity contribution in [3.63, 3.8) is 0 Å². The summed E-state index contributed by atoms with van der Waals surface area (Å²) in [6.45, 7) is 5.92. The van der Waals surface area contributed by atoms with Crippen molar-refractivity contribution in [1.82, 2.24) is 34.6 Å². The second-order valence-electron chi connectivity index (χ2n) is 8.47. The van der Waals surface area contributed by atoms with Gasteiger partial charge in [-0.25, -0.2) is 12.8 Å². The van der Waals surface area contributed by atoms with Crippen molar-refractivity contribution < 1.29 is 22.4 Å². The Labute approximate surface area is 244 Å². The van der Waals surface area contributed by atoms with Crippen LogP contribution in [-0.4, -0.2) is 68.3 Å². The van der Waals surface area contributed by atoms with Gasteiger partial charge >= 0.3 is 0 Å². The molecule has 12 nitrogen and oxygen atoms in total. The van der Waals surface area contributed by atoms with Gasteiger partial charge in [0.1, 0.15) is 10.8 Å². The van der Waals surface area contributed by atoms with E-state index in [2.05, 4.69) is 31.0 Å². The second-order valence-corrected chi connectivity index (χ2v) is 12.5. The van der Waals surface area contributed by atoms with Gasteiger partial charge in [-0.15, -0.1) is 20.4 Å². The first-order chi connectivity index (χ1) is 19.6. The molecule has 41 heavy (non-hydrogen) atoms. The van der Waals surface area contributed by atoms with Crippen LogP contribution in [0.15, 0.2) is 58.6 Å². The van der Waals surface area contributed by atoms with E-state index < -0.39 is 21.7 Å². The number of benzene rings is 2. The minimum Gasteiger partial charge on any atom is -0.345 e. The van der Waals surface area contributed by atoms with E-state index in [1.165, 1.54) is 64.2 Å². The molecule has 0 radical (unpaired) electrons. The lowest BCUT2D eigenvalue weighted by molar-refractivity contribution is -0.113. The maximum atomic E-state index is 13.6. The Kier molecular flexibility index (Phi) is 9.80. The van der Waals surface area contributed by atoms with Crippen molar-refractivity contribution in [2.45, 2.75) is 37.4 Å². The van der Waals surface area contributed by atoms with Gasteiger partial charge in [0.15, 0.2) is 11.0 Å². The second kappa shape index (κ2) is 13.3. The van der Waals surface area contributed by atoms with Gasteiger partial charge in [-0.2, -0.15) is 4.31 Å². The average Bonchev–Trinajstić information content (AvgIpc) is 3.56. The van der Waals surface area contributed by atoms with Crippen LogP contribution in [0.2, 0.25) is 0 Å². The highest BCUT2D eigenvalue weighted by atomic mass is 32.2. The molecule has 2 amide bonds. The van der Waals surface area contributed by atoms with E-state index in [4.69, 9.17) is 0 Å². The van der Waals surface area contributed by atoms with Crippen molar-refractivity contribution in [3.8, 4) is 5.69 Å². The third kappa shape index (κ3) is 7.32. The fourth-order valence-corrected chi connectivity index (χ4v) is 6.58. The average molecular weight is 619 g/mol. The molecule has 4 aromatic rings. The van der Waals surface area contributed by atoms with Crippen LogP contribution in [0.1, 0.15) is 35.0 Å². The Morgan fingerprint density at radius 1 is 1.00 bits per heavy atom. The summed E-state index contributed by atoms with van der Waals surface area (Å²) in [6, 6.07) is 11.3. The molecular formula is C25H27FN8O4S3. The van der Waals surface area contributed by atoms with E-state index in [-0.39, 0.29) is 28.7 Å². The van der Waals surface area contributed by atoms with Crippen LogP contribution < -0.4 is 10.6 Å². The summed E-state index contributed by atoms with van der Waals surface area (Å²) in [7, 11) is -3.65. The normalized spacial score (nSPS) is 11.5. The van der Waals surface area contributed by atoms with Crippen LogP contribution in [0, 0.1) is 12.7 Å². The molecule has 2 aromatic carbocycles. The van der Waals surface area contributed by atoms with E-state index in [1.807, 2.05) is 0 Å². The molecule has 0 bridgehead atoms. The SMILES string of the molecule is CCN(CC)S(=O)(=O)c1ccc(C(=O)NCc2nnc(SCC(=O)Nc3nnc(C)s3)n2-c2ccc(F)cc2)cc1. The zero-order valence-electron chi connectivity index (χ0n) is 22.4. The Morgan fingerprint density at radius 3 is 2.29 bits per heavy atom. The Bertz CT molecular complexity index is 1620. The van der Waals surface area contributed by atoms with Crippen LogP contribution in [0.5, 0.6) is 0 Å². The number of carbonyl (C=O) groups is 2. The number of nitrogens with zero attached hydrogens (tertiary/aromatic N) is 6. The van der Waals surface area contributed by atoms with Gasteiger partial charge in [0.05, 0.1) is 17.2 Å². The van der Waals surface area contributed by atoms with Gasteiger partial charge < -0.3 is 5.32 Å². The number of nitrogens with one attached hydrogen (secondary N) is 2. The Hall–Kier alpha value is -3.73. The number of amides is 2. The molecular weight excluding hydrogens is 592 g/mol. The van der Waals surface area contributed by atoms with E-state index >= 15 is 0 Å². The number of aromatic nitrogens is 5. The molecule has 16 heteroatoms. The van der Waals surface area contributed by atoms with Crippen LogP contribution in [0.4, 0.5) is 9.52 Å². The minimum absolute atomic E-state index is 0.00688. The molecule has 4 rings (SSSR count). The standard InChI is InChI=1S/C25H27FN8O4S3/c1-4-33(5-2)41(37,38)20-12-6-17(7-13-20)23(36)27-14-21-30-32-25(34(21)19-10-8-18(26)9-11-19)39-15-22(35)28-24-31-29-16(3)40-24/h6-13H,4-5,14-15H2,1-3H3,(H,27,36)(H,28,31,35). The first-order valence-electron chi connectivity index (χ1n) is 12.4. The molecule has 0 unspecified atom stereocenters. The van der Waals surface area contributed by atoms with Crippen molar-refractivity contribution in [3.05, 3.63) is 70.7 Å². The summed E-state index contributed by atoms with van der Waals surface area (Å²) < 4.78 is 42.0. The van der Waals surface area contributed by atoms with Crippen molar-refractivity contribution >= 4 is 50.1 Å². The molecule has 2 heterocycles. The number of aryl methyl sites for hydroxylation is 1. The number of hydrogen-bond acceptors (Lipinski definition) is 10. The zero-order valence-corrected chi connectivity index (χ0v) is 24.8. The lowest BCUT2D eigenvalue weighted by Gasteiger charge is -2.18. The summed E-state index contributed by atoms with van der Waals surface area (Å²) in [5.74, 6) is -0.863. The maximum Gasteiger partial charge on any atom is 0.251 e. The molecule has 0 aliphatic heterocycles. The number of rotatable bonds is 12. The fraction of sp³-hybridized carbons (Fsp3) is 0.280. The van der Waals surface area contributed by atoms with Gasteiger partial charge in [-0.05, 0) is 55.5 Å². The Balaban J connectivity index is 1.48. The number of anilines is 1. The number of sulfonamides is 1. The summed E-state index contributed by atoms with van der Waals surface area (Å²) in [4.78, 5) is 25.4. The monoisotopic (exact) mass is 618 g/mol. The highest BCUT2D eigenvalue weighted by Gasteiger charge is 2.22. The minimum atomic E-state index is -3.65. The molecule has 0 fully saturated rings. The zero-order chi connectivity index (χ0) is 29.6. The van der Waals surface area contributed by atoms with Crippen molar-refractivity contribution in [1.29, 1.82) is 0 Å². The molecule has 2 aromatic heterocycles. The summed E-state index contributed by atoms with van der Waals surface area (Å²) >= 11 is 2.36. The molecule has 0 atom stereocenters. The third-order valence-electron chi connectivity index (χ3n) is 5.76. The molecule has 0 spiro atoms.